The Morgan fingerprint density at radius 1 is 0.556 bits per heavy atom. The Kier molecular flexibility index (Phi) is 12.9. The quantitative estimate of drug-likeness (QED) is 0.0203. The molecule has 0 spiro atoms. The first-order valence-corrected chi connectivity index (χ1v) is 21.6. The molecular weight excluding hydrogens is 894 g/mol. The number of phenols is 1. The van der Waals surface area contributed by atoms with Gasteiger partial charge in [-0.25, -0.2) is 0 Å². The zero-order chi connectivity index (χ0) is 44.7. The second-order valence-corrected chi connectivity index (χ2v) is 17.3. The van der Waals surface area contributed by atoms with E-state index in [2.05, 4.69) is 30.7 Å². The Hall–Kier alpha value is -6.61. The molecule has 0 amide bonds. The predicted molar refractivity (Wildman–Crippen MR) is 225 cm³/mol. The van der Waals surface area contributed by atoms with Crippen molar-refractivity contribution < 1.29 is 78.5 Å². The van der Waals surface area contributed by atoms with E-state index in [1.807, 2.05) is 0 Å². The largest absolute Gasteiger partial charge is 1.00 e. The van der Waals surface area contributed by atoms with Gasteiger partial charge in [0.25, 0.3) is 36.0 Å². The third-order valence-corrected chi connectivity index (χ3v) is 11.7. The summed E-state index contributed by atoms with van der Waals surface area (Å²) in [7, 11) is -14.8. The van der Waals surface area contributed by atoms with E-state index in [1.165, 1.54) is 48.5 Å². The van der Waals surface area contributed by atoms with Gasteiger partial charge in [-0.05, 0) is 83.2 Å². The molecule has 0 unspecified atom stereocenters. The van der Waals surface area contributed by atoms with E-state index in [-0.39, 0.29) is 51.5 Å². The van der Waals surface area contributed by atoms with Crippen molar-refractivity contribution in [2.24, 2.45) is 30.7 Å². The number of nitrogen functional groups attached to an aromatic ring is 2. The predicted octanol–water partition coefficient (Wildman–Crippen LogP) is 6.43. The minimum atomic E-state index is -5.18. The van der Waals surface area contributed by atoms with Crippen LogP contribution in [0.1, 0.15) is 0 Å². The molecule has 0 radical (unpaired) electrons. The Morgan fingerprint density at radius 3 is 1.65 bits per heavy atom. The number of anilines is 2. The molecule has 25 heteroatoms. The van der Waals surface area contributed by atoms with Gasteiger partial charge in [-0.15, -0.1) is 15.3 Å². The van der Waals surface area contributed by atoms with Crippen molar-refractivity contribution in [2.45, 2.75) is 14.7 Å². The van der Waals surface area contributed by atoms with Crippen LogP contribution in [0.5, 0.6) is 5.75 Å². The maximum Gasteiger partial charge on any atom is 1.00 e. The molecule has 0 aromatic heterocycles. The number of fused-ring (bicyclic) bond motifs is 2. The Bertz CT molecular complexity index is 3450. The molecule has 7 rings (SSSR count). The summed E-state index contributed by atoms with van der Waals surface area (Å²) in [5.41, 5.74) is 12.3. The molecule has 7 aromatic carbocycles. The number of benzene rings is 7. The number of hydrogen-bond acceptors (Lipinski definition) is 17. The monoisotopic (exact) mass is 920 g/mol. The van der Waals surface area contributed by atoms with Crippen LogP contribution in [0.4, 0.5) is 51.2 Å². The van der Waals surface area contributed by atoms with Gasteiger partial charge in [0.15, 0.2) is 5.75 Å². The first kappa shape index (κ1) is 45.9. The average Bonchev–Trinajstić information content (AvgIpc) is 3.22. The Labute approximate surface area is 378 Å². The van der Waals surface area contributed by atoms with Gasteiger partial charge in [-0.1, -0.05) is 36.4 Å². The number of rotatable bonds is 11. The summed E-state index contributed by atoms with van der Waals surface area (Å²) in [5, 5.41) is 46.6. The number of non-ortho nitro benzene ring substituents is 1. The van der Waals surface area contributed by atoms with Gasteiger partial charge in [-0.2, -0.15) is 40.6 Å². The van der Waals surface area contributed by atoms with E-state index in [4.69, 9.17) is 11.5 Å². The molecular formula is C38H27N9NaO12S3+. The molecule has 0 aliphatic rings. The number of nitro groups is 1. The number of nitro benzene ring substituents is 1. The summed E-state index contributed by atoms with van der Waals surface area (Å²) < 4.78 is 103. The van der Waals surface area contributed by atoms with E-state index in [0.717, 1.165) is 23.8 Å². The molecule has 0 aliphatic carbocycles. The first-order chi connectivity index (χ1) is 29.2. The number of nitrogens with zero attached hydrogens (tertiary/aromatic N) is 7. The topological polar surface area (TPSA) is 353 Å². The van der Waals surface area contributed by atoms with Gasteiger partial charge in [-0.3, -0.25) is 23.8 Å². The minimum Gasteiger partial charge on any atom is -0.505 e. The van der Waals surface area contributed by atoms with Crippen molar-refractivity contribution in [3.05, 3.63) is 125 Å². The maximum absolute atomic E-state index is 12.5. The number of phenolic OH excluding ortho intramolecular Hbond substituents is 1. The molecule has 0 saturated heterocycles. The number of nitrogens with two attached hydrogens (primary N) is 2. The van der Waals surface area contributed by atoms with Crippen molar-refractivity contribution in [1.29, 1.82) is 0 Å². The summed E-state index contributed by atoms with van der Waals surface area (Å²) in [4.78, 5) is 8.18. The summed E-state index contributed by atoms with van der Waals surface area (Å²) in [6.45, 7) is 0. The zero-order valence-electron chi connectivity index (χ0n) is 32.0. The van der Waals surface area contributed by atoms with Crippen LogP contribution in [-0.4, -0.2) is 48.9 Å². The molecule has 0 heterocycles. The third kappa shape index (κ3) is 9.88. The molecule has 63 heavy (non-hydrogen) atoms. The fraction of sp³-hybridized carbons (Fsp3) is 0. The maximum atomic E-state index is 12.5. The van der Waals surface area contributed by atoms with Crippen molar-refractivity contribution in [2.75, 3.05) is 11.5 Å². The molecule has 7 aromatic rings. The van der Waals surface area contributed by atoms with Gasteiger partial charge in [0, 0.05) is 28.6 Å². The van der Waals surface area contributed by atoms with Crippen LogP contribution in [0.15, 0.2) is 161 Å². The molecule has 314 valence electrons. The van der Waals surface area contributed by atoms with Crippen LogP contribution in [0, 0.1) is 10.1 Å². The van der Waals surface area contributed by atoms with Crippen molar-refractivity contribution in [3.8, 4) is 16.9 Å². The Balaban J connectivity index is 0.00000661. The van der Waals surface area contributed by atoms with E-state index in [1.54, 1.807) is 48.5 Å². The second kappa shape index (κ2) is 17.6. The fourth-order valence-corrected chi connectivity index (χ4v) is 7.96. The first-order valence-electron chi connectivity index (χ1n) is 17.3. The van der Waals surface area contributed by atoms with Crippen molar-refractivity contribution in [1.82, 2.24) is 0 Å². The van der Waals surface area contributed by atoms with Gasteiger partial charge in [0.1, 0.15) is 21.2 Å². The standard InChI is InChI=1S/C38H27N9O12S3.Na/c39-30-14-15-31(29-19-27(60(51,52)53)12-13-28(29)30)44-41-23-8-4-20(5-9-23)21-6-10-24(11-7-21)42-46-37-33(62(57,58)59)17-22-16-32(61(54,55)56)36(35(40)34(22)38(37)48)45-43-25-2-1-3-26(18-25)47(49)50;/h1-19,48H,39-40H2,(H,51,52,53)(H,54,55,56)(H,57,58,59);/q;+1. The Morgan fingerprint density at radius 2 is 1.10 bits per heavy atom. The molecule has 0 aliphatic heterocycles. The van der Waals surface area contributed by atoms with Crippen LogP contribution in [0.3, 0.4) is 0 Å². The van der Waals surface area contributed by atoms with Crippen LogP contribution in [-0.2, 0) is 30.4 Å². The number of aromatic hydroxyl groups is 1. The molecule has 8 N–H and O–H groups in total. The van der Waals surface area contributed by atoms with Gasteiger partial charge in [0.2, 0.25) is 0 Å². The van der Waals surface area contributed by atoms with Crippen LogP contribution >= 0.6 is 0 Å². The average molecular weight is 921 g/mol. The third-order valence-electron chi connectivity index (χ3n) is 9.08. The minimum absolute atomic E-state index is 0. The molecule has 0 saturated carbocycles. The van der Waals surface area contributed by atoms with Gasteiger partial charge >= 0.3 is 29.6 Å². The van der Waals surface area contributed by atoms with Crippen molar-refractivity contribution in [3.63, 3.8) is 0 Å². The van der Waals surface area contributed by atoms with Crippen LogP contribution in [0.25, 0.3) is 32.7 Å². The normalized spacial score (nSPS) is 12.4. The molecule has 0 atom stereocenters. The molecule has 0 bridgehead atoms. The van der Waals surface area contributed by atoms with E-state index in [0.29, 0.717) is 33.4 Å². The smallest absolute Gasteiger partial charge is 0.505 e. The summed E-state index contributed by atoms with van der Waals surface area (Å²) >= 11 is 0. The number of azo groups is 3. The summed E-state index contributed by atoms with van der Waals surface area (Å²) in [6, 6.07) is 26.4. The number of hydrogen-bond donors (Lipinski definition) is 6. The zero-order valence-corrected chi connectivity index (χ0v) is 36.5. The molecule has 0 fully saturated rings. The van der Waals surface area contributed by atoms with Crippen molar-refractivity contribution >= 4 is 103 Å². The fourth-order valence-electron chi connectivity index (χ4n) is 6.12. The molecule has 21 nitrogen and oxygen atoms in total. The van der Waals surface area contributed by atoms with Gasteiger partial charge in [0.05, 0.1) is 43.6 Å². The second-order valence-electron chi connectivity index (χ2n) is 13.1. The van der Waals surface area contributed by atoms with Gasteiger partial charge < -0.3 is 16.6 Å². The van der Waals surface area contributed by atoms with E-state index in [9.17, 15) is 54.1 Å². The summed E-state index contributed by atoms with van der Waals surface area (Å²) in [5.74, 6) is -0.980. The van der Waals surface area contributed by atoms with Crippen LogP contribution < -0.4 is 41.0 Å². The summed E-state index contributed by atoms with van der Waals surface area (Å²) in [6.07, 6.45) is 0. The SMILES string of the molecule is Nc1ccc(N=Nc2ccc(-c3ccc(N=Nc4c(S(=O)(=O)O)cc5cc(S(=O)(=O)O)c(N=Nc6cccc([N+](=O)[O-])c6)c(N)c5c4O)cc3)cc2)c2cc(S(=O)(=O)O)ccc12.[Na+]. The van der Waals surface area contributed by atoms with E-state index >= 15 is 0 Å². The van der Waals surface area contributed by atoms with Crippen LogP contribution in [0.2, 0.25) is 0 Å². The van der Waals surface area contributed by atoms with E-state index < -0.39 is 78.7 Å².